The Morgan fingerprint density at radius 2 is 0.550 bits per heavy atom. The molecule has 0 aliphatic heterocycles. The molecule has 6 rings (SSSR count). The van der Waals surface area contributed by atoms with E-state index in [-0.39, 0.29) is 34.4 Å². The molecule has 0 unspecified atom stereocenters. The second-order valence-electron chi connectivity index (χ2n) is 13.1. The predicted octanol–water partition coefficient (Wildman–Crippen LogP) is 12.1. The molecule has 6 aromatic carbocycles. The van der Waals surface area contributed by atoms with Gasteiger partial charge >= 0.3 is 24.7 Å². The SMILES string of the molecule is Nc1cccc(C(c2cccc(N)c2)(C(F)(F)F)C(F)(F)F)c1.Nc1cccc(Oc2ccc(C(c3ccc(Oc4cccc(N)c4)cc3)(C(F)(F)F)C(F)(F)F)cc2)c1. The molecular formula is C42H32F12N4O2. The summed E-state index contributed by atoms with van der Waals surface area (Å²) >= 11 is 0. The van der Waals surface area contributed by atoms with Crippen LogP contribution in [-0.2, 0) is 10.8 Å². The lowest BCUT2D eigenvalue weighted by Crippen LogP contribution is -2.54. The van der Waals surface area contributed by atoms with Gasteiger partial charge in [-0.15, -0.1) is 0 Å². The Hall–Kier alpha value is -6.72. The monoisotopic (exact) mass is 852 g/mol. The maximum Gasteiger partial charge on any atom is 0.411 e. The van der Waals surface area contributed by atoms with Crippen molar-refractivity contribution < 1.29 is 62.2 Å². The Balaban J connectivity index is 0.000000255. The Kier molecular flexibility index (Phi) is 12.2. The molecule has 0 aliphatic carbocycles. The first-order valence-corrected chi connectivity index (χ1v) is 17.2. The van der Waals surface area contributed by atoms with Gasteiger partial charge in [-0.05, 0) is 95.1 Å². The lowest BCUT2D eigenvalue weighted by Gasteiger charge is -2.38. The number of nitrogen functional groups attached to an aromatic ring is 4. The number of anilines is 4. The molecule has 18 heteroatoms. The van der Waals surface area contributed by atoms with Crippen LogP contribution >= 0.6 is 0 Å². The van der Waals surface area contributed by atoms with Crippen LogP contribution in [0, 0.1) is 0 Å². The van der Waals surface area contributed by atoms with Crippen LogP contribution in [0.4, 0.5) is 75.4 Å². The number of hydrogen-bond acceptors (Lipinski definition) is 6. The van der Waals surface area contributed by atoms with E-state index in [1.54, 1.807) is 36.4 Å². The fraction of sp³-hybridized carbons (Fsp3) is 0.143. The van der Waals surface area contributed by atoms with Crippen molar-refractivity contribution in [2.24, 2.45) is 0 Å². The highest BCUT2D eigenvalue weighted by molar-refractivity contribution is 5.54. The number of alkyl halides is 12. The Morgan fingerprint density at radius 3 is 0.817 bits per heavy atom. The maximum atomic E-state index is 14.4. The van der Waals surface area contributed by atoms with E-state index < -0.39 is 57.8 Å². The van der Waals surface area contributed by atoms with Gasteiger partial charge < -0.3 is 32.4 Å². The summed E-state index contributed by atoms with van der Waals surface area (Å²) in [4.78, 5) is 0. The number of ether oxygens (including phenoxy) is 2. The van der Waals surface area contributed by atoms with Gasteiger partial charge in [-0.25, -0.2) is 0 Å². The van der Waals surface area contributed by atoms with Crippen LogP contribution < -0.4 is 32.4 Å². The summed E-state index contributed by atoms with van der Waals surface area (Å²) in [5, 5.41) is 0. The minimum atomic E-state index is -5.72. The molecule has 0 aromatic heterocycles. The Morgan fingerprint density at radius 1 is 0.283 bits per heavy atom. The van der Waals surface area contributed by atoms with Gasteiger partial charge in [0.15, 0.2) is 0 Å². The van der Waals surface area contributed by atoms with Crippen molar-refractivity contribution in [3.63, 3.8) is 0 Å². The molecule has 6 aromatic rings. The highest BCUT2D eigenvalue weighted by Gasteiger charge is 2.73. The lowest BCUT2D eigenvalue weighted by molar-refractivity contribution is -0.290. The van der Waals surface area contributed by atoms with Gasteiger partial charge in [-0.1, -0.05) is 60.7 Å². The van der Waals surface area contributed by atoms with Crippen molar-refractivity contribution in [3.8, 4) is 23.0 Å². The van der Waals surface area contributed by atoms with Crippen LogP contribution in [0.5, 0.6) is 23.0 Å². The summed E-state index contributed by atoms with van der Waals surface area (Å²) in [6.07, 6.45) is -22.7. The first-order chi connectivity index (χ1) is 27.9. The normalized spacial score (nSPS) is 12.6. The second-order valence-corrected chi connectivity index (χ2v) is 13.1. The summed E-state index contributed by atoms with van der Waals surface area (Å²) in [6, 6.07) is 26.9. The molecule has 0 saturated heterocycles. The molecular weight excluding hydrogens is 820 g/mol. The van der Waals surface area contributed by atoms with Crippen LogP contribution in [-0.4, -0.2) is 24.7 Å². The van der Waals surface area contributed by atoms with Gasteiger partial charge in [0.05, 0.1) is 0 Å². The molecule has 0 saturated carbocycles. The standard InChI is InChI=1S/C27H20F6N2O2.C15H12F6N2/c28-26(29,30)25(27(31,32)33,17-7-11-21(12-8-17)36-23-5-1-3-19(34)15-23)18-9-13-22(14-10-18)37-24-6-2-4-20(35)16-24;16-14(17,18)13(15(19,20)21,9-3-1-5-11(22)7-9)10-4-2-6-12(23)8-10/h1-16H,34-35H2;1-8H,22-23H2. The van der Waals surface area contributed by atoms with E-state index >= 15 is 0 Å². The predicted molar refractivity (Wildman–Crippen MR) is 202 cm³/mol. The zero-order valence-electron chi connectivity index (χ0n) is 30.5. The van der Waals surface area contributed by atoms with E-state index in [1.165, 1.54) is 24.3 Å². The lowest BCUT2D eigenvalue weighted by atomic mass is 9.72. The first-order valence-electron chi connectivity index (χ1n) is 17.2. The summed E-state index contributed by atoms with van der Waals surface area (Å²) in [5.74, 6) is 0.639. The Labute approximate surface area is 333 Å². The molecule has 0 aliphatic rings. The van der Waals surface area contributed by atoms with E-state index in [9.17, 15) is 52.7 Å². The number of nitrogens with two attached hydrogens (primary N) is 4. The molecule has 316 valence electrons. The molecule has 0 bridgehead atoms. The van der Waals surface area contributed by atoms with Gasteiger partial charge in [0.2, 0.25) is 10.8 Å². The summed E-state index contributed by atoms with van der Waals surface area (Å²) in [7, 11) is 0. The van der Waals surface area contributed by atoms with Crippen molar-refractivity contribution in [3.05, 3.63) is 168 Å². The topological polar surface area (TPSA) is 123 Å². The number of halogens is 12. The summed E-state index contributed by atoms with van der Waals surface area (Å²) < 4.78 is 180. The summed E-state index contributed by atoms with van der Waals surface area (Å²) in [6.45, 7) is 0. The van der Waals surface area contributed by atoms with Crippen molar-refractivity contribution in [1.82, 2.24) is 0 Å². The molecule has 60 heavy (non-hydrogen) atoms. The van der Waals surface area contributed by atoms with Crippen LogP contribution in [0.15, 0.2) is 146 Å². The van der Waals surface area contributed by atoms with E-state index in [1.807, 2.05) is 0 Å². The molecule has 0 fully saturated rings. The highest BCUT2D eigenvalue weighted by atomic mass is 19.4. The fourth-order valence-corrected chi connectivity index (χ4v) is 6.48. The largest absolute Gasteiger partial charge is 0.457 e. The average Bonchev–Trinajstić information content (AvgIpc) is 3.12. The van der Waals surface area contributed by atoms with Gasteiger partial charge in [0.25, 0.3) is 0 Å². The average molecular weight is 853 g/mol. The maximum absolute atomic E-state index is 14.4. The van der Waals surface area contributed by atoms with Crippen LogP contribution in [0.2, 0.25) is 0 Å². The zero-order valence-corrected chi connectivity index (χ0v) is 30.5. The van der Waals surface area contributed by atoms with Crippen molar-refractivity contribution in [2.75, 3.05) is 22.9 Å². The molecule has 0 amide bonds. The molecule has 0 spiro atoms. The molecule has 8 N–H and O–H groups in total. The highest BCUT2D eigenvalue weighted by Crippen LogP contribution is 2.58. The van der Waals surface area contributed by atoms with Crippen LogP contribution in [0.3, 0.4) is 0 Å². The quantitative estimate of drug-likeness (QED) is 0.0893. The smallest absolute Gasteiger partial charge is 0.411 e. The zero-order chi connectivity index (χ0) is 44.3. The number of rotatable bonds is 8. The van der Waals surface area contributed by atoms with Gasteiger partial charge in [-0.2, -0.15) is 52.7 Å². The van der Waals surface area contributed by atoms with Crippen molar-refractivity contribution >= 4 is 22.7 Å². The Bertz CT molecular complexity index is 2230. The van der Waals surface area contributed by atoms with E-state index in [0.29, 0.717) is 23.5 Å². The van der Waals surface area contributed by atoms with Gasteiger partial charge in [-0.3, -0.25) is 0 Å². The van der Waals surface area contributed by atoms with E-state index in [4.69, 9.17) is 32.4 Å². The van der Waals surface area contributed by atoms with Crippen LogP contribution in [0.1, 0.15) is 22.3 Å². The minimum absolute atomic E-state index is 0.0403. The van der Waals surface area contributed by atoms with Crippen molar-refractivity contribution in [1.29, 1.82) is 0 Å². The molecule has 0 radical (unpaired) electrons. The van der Waals surface area contributed by atoms with E-state index in [0.717, 1.165) is 72.8 Å². The third-order valence-electron chi connectivity index (χ3n) is 9.10. The van der Waals surface area contributed by atoms with E-state index in [2.05, 4.69) is 0 Å². The molecule has 6 nitrogen and oxygen atoms in total. The van der Waals surface area contributed by atoms with Gasteiger partial charge in [0, 0.05) is 34.9 Å². The van der Waals surface area contributed by atoms with Crippen LogP contribution in [0.25, 0.3) is 0 Å². The summed E-state index contributed by atoms with van der Waals surface area (Å²) in [5.41, 5.74) is 9.90. The van der Waals surface area contributed by atoms with Gasteiger partial charge in [0.1, 0.15) is 23.0 Å². The molecule has 0 heterocycles. The fourth-order valence-electron chi connectivity index (χ4n) is 6.48. The second kappa shape index (κ2) is 16.5. The van der Waals surface area contributed by atoms with Crippen molar-refractivity contribution in [2.45, 2.75) is 35.5 Å². The number of benzene rings is 6. The number of hydrogen-bond donors (Lipinski definition) is 4. The minimum Gasteiger partial charge on any atom is -0.457 e. The third-order valence-corrected chi connectivity index (χ3v) is 9.10. The first kappa shape index (κ1) is 44.4. The third kappa shape index (κ3) is 8.81. The molecule has 0 atom stereocenters.